The summed E-state index contributed by atoms with van der Waals surface area (Å²) in [4.78, 5) is 8.92. The van der Waals surface area contributed by atoms with Crippen LogP contribution in [0.25, 0.3) is 0 Å². The lowest BCUT2D eigenvalue weighted by molar-refractivity contribution is 0.174. The van der Waals surface area contributed by atoms with Crippen molar-refractivity contribution in [3.05, 3.63) is 23.8 Å². The zero-order valence-electron chi connectivity index (χ0n) is 13.3. The highest BCUT2D eigenvalue weighted by molar-refractivity contribution is 5.79. The molecule has 2 aliphatic heterocycles. The maximum atomic E-state index is 5.43. The van der Waals surface area contributed by atoms with E-state index in [0.29, 0.717) is 6.79 Å². The van der Waals surface area contributed by atoms with E-state index in [9.17, 15) is 0 Å². The van der Waals surface area contributed by atoms with E-state index in [1.165, 1.54) is 25.1 Å². The first kappa shape index (κ1) is 15.0. The zero-order valence-corrected chi connectivity index (χ0v) is 13.3. The molecule has 0 radical (unpaired) electrons. The molecule has 0 aromatic heterocycles. The number of nitrogens with one attached hydrogen (secondary N) is 1. The van der Waals surface area contributed by atoms with Crippen molar-refractivity contribution in [2.45, 2.75) is 13.0 Å². The van der Waals surface area contributed by atoms with Crippen LogP contribution in [0.2, 0.25) is 0 Å². The van der Waals surface area contributed by atoms with Gasteiger partial charge in [0.05, 0.1) is 0 Å². The Morgan fingerprint density at radius 1 is 1.32 bits per heavy atom. The van der Waals surface area contributed by atoms with E-state index in [2.05, 4.69) is 26.2 Å². The SMILES string of the molecule is CN=C(NCCN1CCC1)N(C)Cc1ccc2c(c1)OCO2. The van der Waals surface area contributed by atoms with Gasteiger partial charge in [-0.2, -0.15) is 0 Å². The van der Waals surface area contributed by atoms with Gasteiger partial charge in [0.2, 0.25) is 6.79 Å². The number of likely N-dealkylation sites (tertiary alicyclic amines) is 1. The van der Waals surface area contributed by atoms with Crippen LogP contribution in [0.1, 0.15) is 12.0 Å². The molecule has 0 spiro atoms. The van der Waals surface area contributed by atoms with Gasteiger partial charge in [0, 0.05) is 33.7 Å². The number of nitrogens with zero attached hydrogens (tertiary/aromatic N) is 3. The smallest absolute Gasteiger partial charge is 0.231 e. The van der Waals surface area contributed by atoms with Gasteiger partial charge in [0.15, 0.2) is 17.5 Å². The summed E-state index contributed by atoms with van der Waals surface area (Å²) in [5, 5.41) is 3.42. The summed E-state index contributed by atoms with van der Waals surface area (Å²) < 4.78 is 10.8. The van der Waals surface area contributed by atoms with Crippen LogP contribution in [0.4, 0.5) is 0 Å². The zero-order chi connectivity index (χ0) is 15.4. The van der Waals surface area contributed by atoms with Crippen LogP contribution in [-0.2, 0) is 6.54 Å². The monoisotopic (exact) mass is 304 g/mol. The predicted octanol–water partition coefficient (Wildman–Crippen LogP) is 1.13. The van der Waals surface area contributed by atoms with Crippen LogP contribution < -0.4 is 14.8 Å². The molecule has 2 aliphatic rings. The molecule has 0 bridgehead atoms. The van der Waals surface area contributed by atoms with Crippen LogP contribution in [-0.4, -0.2) is 62.8 Å². The molecule has 0 unspecified atom stereocenters. The first-order chi connectivity index (χ1) is 10.8. The fourth-order valence-corrected chi connectivity index (χ4v) is 2.70. The molecule has 3 rings (SSSR count). The van der Waals surface area contributed by atoms with Crippen molar-refractivity contribution in [2.75, 3.05) is 47.1 Å². The Labute approximate surface area is 131 Å². The van der Waals surface area contributed by atoms with Crippen LogP contribution in [0.15, 0.2) is 23.2 Å². The Hall–Kier alpha value is -1.95. The van der Waals surface area contributed by atoms with Crippen molar-refractivity contribution in [1.29, 1.82) is 0 Å². The number of hydrogen-bond donors (Lipinski definition) is 1. The number of aliphatic imine (C=N–C) groups is 1. The van der Waals surface area contributed by atoms with Crippen LogP contribution in [0.5, 0.6) is 11.5 Å². The molecule has 22 heavy (non-hydrogen) atoms. The number of rotatable bonds is 5. The molecule has 1 fully saturated rings. The molecule has 6 heteroatoms. The van der Waals surface area contributed by atoms with Gasteiger partial charge in [-0.3, -0.25) is 4.99 Å². The fraction of sp³-hybridized carbons (Fsp3) is 0.562. The third kappa shape index (κ3) is 3.44. The highest BCUT2D eigenvalue weighted by Crippen LogP contribution is 2.32. The Bertz CT molecular complexity index is 543. The molecule has 1 N–H and O–H groups in total. The van der Waals surface area contributed by atoms with Gasteiger partial charge in [0.1, 0.15) is 0 Å². The third-order valence-electron chi connectivity index (χ3n) is 4.09. The predicted molar refractivity (Wildman–Crippen MR) is 86.5 cm³/mol. The first-order valence-corrected chi connectivity index (χ1v) is 7.79. The highest BCUT2D eigenvalue weighted by Gasteiger charge is 2.15. The highest BCUT2D eigenvalue weighted by atomic mass is 16.7. The molecular formula is C16H24N4O2. The lowest BCUT2D eigenvalue weighted by Gasteiger charge is -2.31. The summed E-state index contributed by atoms with van der Waals surface area (Å²) in [6.07, 6.45) is 1.33. The molecule has 6 nitrogen and oxygen atoms in total. The molecule has 0 saturated carbocycles. The van der Waals surface area contributed by atoms with E-state index in [0.717, 1.165) is 37.1 Å². The average molecular weight is 304 g/mol. The number of guanidine groups is 1. The molecule has 1 saturated heterocycles. The van der Waals surface area contributed by atoms with Gasteiger partial charge in [-0.15, -0.1) is 0 Å². The number of ether oxygens (including phenoxy) is 2. The summed E-state index contributed by atoms with van der Waals surface area (Å²) in [5.41, 5.74) is 1.18. The van der Waals surface area contributed by atoms with E-state index >= 15 is 0 Å². The second-order valence-electron chi connectivity index (χ2n) is 5.71. The maximum absolute atomic E-state index is 5.43. The van der Waals surface area contributed by atoms with Crippen molar-refractivity contribution in [3.8, 4) is 11.5 Å². The van der Waals surface area contributed by atoms with Crippen LogP contribution in [0.3, 0.4) is 0 Å². The number of fused-ring (bicyclic) bond motifs is 1. The molecule has 120 valence electrons. The van der Waals surface area contributed by atoms with Crippen molar-refractivity contribution < 1.29 is 9.47 Å². The molecule has 2 heterocycles. The topological polar surface area (TPSA) is 49.3 Å². The van der Waals surface area contributed by atoms with E-state index < -0.39 is 0 Å². The average Bonchev–Trinajstić information content (AvgIpc) is 2.93. The lowest BCUT2D eigenvalue weighted by atomic mass is 10.2. The van der Waals surface area contributed by atoms with Crippen molar-refractivity contribution in [1.82, 2.24) is 15.1 Å². The summed E-state index contributed by atoms with van der Waals surface area (Å²) in [5.74, 6) is 2.56. The van der Waals surface area contributed by atoms with E-state index in [4.69, 9.17) is 9.47 Å². The van der Waals surface area contributed by atoms with E-state index in [1.807, 2.05) is 26.2 Å². The summed E-state index contributed by atoms with van der Waals surface area (Å²) in [6, 6.07) is 6.06. The molecule has 0 aliphatic carbocycles. The van der Waals surface area contributed by atoms with Gasteiger partial charge in [-0.1, -0.05) is 6.07 Å². The van der Waals surface area contributed by atoms with Gasteiger partial charge >= 0.3 is 0 Å². The molecule has 1 aromatic carbocycles. The number of benzene rings is 1. The van der Waals surface area contributed by atoms with Gasteiger partial charge in [-0.25, -0.2) is 0 Å². The largest absolute Gasteiger partial charge is 0.454 e. The Kier molecular flexibility index (Phi) is 4.68. The van der Waals surface area contributed by atoms with Gasteiger partial charge < -0.3 is 24.6 Å². The Morgan fingerprint density at radius 3 is 2.86 bits per heavy atom. The summed E-state index contributed by atoms with van der Waals surface area (Å²) in [6.45, 7) is 5.56. The van der Waals surface area contributed by atoms with Crippen molar-refractivity contribution in [2.24, 2.45) is 4.99 Å². The van der Waals surface area contributed by atoms with Gasteiger partial charge in [-0.05, 0) is 37.2 Å². The molecule has 0 atom stereocenters. The van der Waals surface area contributed by atoms with Gasteiger partial charge in [0.25, 0.3) is 0 Å². The Balaban J connectivity index is 1.51. The van der Waals surface area contributed by atoms with Crippen LogP contribution in [0, 0.1) is 0 Å². The summed E-state index contributed by atoms with van der Waals surface area (Å²) >= 11 is 0. The minimum Gasteiger partial charge on any atom is -0.454 e. The molecular weight excluding hydrogens is 280 g/mol. The minimum atomic E-state index is 0.314. The van der Waals surface area contributed by atoms with Crippen molar-refractivity contribution >= 4 is 5.96 Å². The van der Waals surface area contributed by atoms with Crippen molar-refractivity contribution in [3.63, 3.8) is 0 Å². The number of hydrogen-bond acceptors (Lipinski definition) is 4. The Morgan fingerprint density at radius 2 is 2.14 bits per heavy atom. The standard InChI is InChI=1S/C16H24N4O2/c1-17-16(18-6-9-20-7-3-8-20)19(2)11-13-4-5-14-15(10-13)22-12-21-14/h4-5,10H,3,6-9,11-12H2,1-2H3,(H,17,18). The lowest BCUT2D eigenvalue weighted by Crippen LogP contribution is -2.45. The van der Waals surface area contributed by atoms with E-state index in [-0.39, 0.29) is 0 Å². The third-order valence-corrected chi connectivity index (χ3v) is 4.09. The van der Waals surface area contributed by atoms with E-state index in [1.54, 1.807) is 0 Å². The summed E-state index contributed by atoms with van der Waals surface area (Å²) in [7, 11) is 3.87. The van der Waals surface area contributed by atoms with Crippen LogP contribution >= 0.6 is 0 Å². The molecule has 1 aromatic rings. The second kappa shape index (κ2) is 6.87. The first-order valence-electron chi connectivity index (χ1n) is 7.79. The normalized spacial score (nSPS) is 17.3. The second-order valence-corrected chi connectivity index (χ2v) is 5.71. The fourth-order valence-electron chi connectivity index (χ4n) is 2.70. The quantitative estimate of drug-likeness (QED) is 0.653. The minimum absolute atomic E-state index is 0.314. The maximum Gasteiger partial charge on any atom is 0.231 e. The molecule has 0 amide bonds.